The van der Waals surface area contributed by atoms with Gasteiger partial charge in [-0.1, -0.05) is 0 Å². The Hall–Kier alpha value is -2.63. The van der Waals surface area contributed by atoms with E-state index in [9.17, 15) is 22.4 Å². The predicted molar refractivity (Wildman–Crippen MR) is 85.0 cm³/mol. The fourth-order valence-corrected chi connectivity index (χ4v) is 2.77. The summed E-state index contributed by atoms with van der Waals surface area (Å²) in [7, 11) is 0. The van der Waals surface area contributed by atoms with Gasteiger partial charge in [-0.3, -0.25) is 9.78 Å². The van der Waals surface area contributed by atoms with E-state index in [0.717, 1.165) is 10.7 Å². The van der Waals surface area contributed by atoms with E-state index in [1.807, 2.05) is 0 Å². The Morgan fingerprint density at radius 2 is 2.08 bits per heavy atom. The van der Waals surface area contributed by atoms with Crippen molar-refractivity contribution in [2.24, 2.45) is 0 Å². The molecule has 1 N–H and O–H groups in total. The van der Waals surface area contributed by atoms with Gasteiger partial charge >= 0.3 is 6.36 Å². The number of aromatic nitrogens is 4. The maximum atomic E-state index is 14.3. The van der Waals surface area contributed by atoms with Crippen molar-refractivity contribution in [2.75, 3.05) is 6.61 Å². The largest absolute Gasteiger partial charge is 0.573 e. The molecule has 0 spiro atoms. The summed E-state index contributed by atoms with van der Waals surface area (Å²) in [6.07, 6.45) is -3.76. The van der Waals surface area contributed by atoms with Gasteiger partial charge in [0.1, 0.15) is 16.8 Å². The zero-order chi connectivity index (χ0) is 19.1. The lowest BCUT2D eigenvalue weighted by Gasteiger charge is -2.12. The molecule has 0 radical (unpaired) electrons. The summed E-state index contributed by atoms with van der Waals surface area (Å²) < 4.78 is 60.9. The third-order valence-electron chi connectivity index (χ3n) is 3.10. The first kappa shape index (κ1) is 18.2. The van der Waals surface area contributed by atoms with Crippen LogP contribution >= 0.6 is 15.9 Å². The van der Waals surface area contributed by atoms with Crippen LogP contribution in [0.4, 0.5) is 17.6 Å². The van der Waals surface area contributed by atoms with Crippen LogP contribution in [0.1, 0.15) is 6.92 Å². The summed E-state index contributed by atoms with van der Waals surface area (Å²) in [5.41, 5.74) is -0.785. The molecular formula is C14H9BrF4N4O3. The number of hydrogen-bond donors (Lipinski definition) is 1. The Morgan fingerprint density at radius 1 is 1.35 bits per heavy atom. The number of hydrogen-bond acceptors (Lipinski definition) is 5. The van der Waals surface area contributed by atoms with Gasteiger partial charge in [0.25, 0.3) is 11.6 Å². The molecule has 7 nitrogen and oxygen atoms in total. The zero-order valence-corrected chi connectivity index (χ0v) is 14.5. The Morgan fingerprint density at radius 3 is 2.69 bits per heavy atom. The van der Waals surface area contributed by atoms with Gasteiger partial charge in [0.15, 0.2) is 11.5 Å². The van der Waals surface area contributed by atoms with Crippen LogP contribution in [0.3, 0.4) is 0 Å². The molecule has 0 amide bonds. The van der Waals surface area contributed by atoms with E-state index in [1.165, 1.54) is 6.20 Å². The molecule has 2 aromatic heterocycles. The maximum Gasteiger partial charge on any atom is 0.573 e. The second kappa shape index (κ2) is 6.59. The minimum Gasteiger partial charge on any atom is -0.465 e. The van der Waals surface area contributed by atoms with Gasteiger partial charge in [0, 0.05) is 16.7 Å². The monoisotopic (exact) mass is 436 g/mol. The number of alkyl halides is 3. The van der Waals surface area contributed by atoms with Crippen LogP contribution in [-0.4, -0.2) is 32.7 Å². The molecule has 26 heavy (non-hydrogen) atoms. The Bertz CT molecular complexity index is 1010. The van der Waals surface area contributed by atoms with E-state index in [0.29, 0.717) is 6.07 Å². The molecule has 2 heterocycles. The van der Waals surface area contributed by atoms with Gasteiger partial charge < -0.3 is 9.47 Å². The lowest BCUT2D eigenvalue weighted by molar-refractivity contribution is -0.274. The van der Waals surface area contributed by atoms with Gasteiger partial charge in [0.2, 0.25) is 0 Å². The Balaban J connectivity index is 2.09. The number of halogens is 5. The first-order chi connectivity index (χ1) is 12.2. The van der Waals surface area contributed by atoms with E-state index < -0.39 is 23.5 Å². The summed E-state index contributed by atoms with van der Waals surface area (Å²) >= 11 is 2.98. The number of fused-ring (bicyclic) bond motifs is 1. The SMILES string of the molecule is CCOc1nc2nn(-c3c(F)cc(OC(F)(F)F)cc3Br)cc2c(=O)[nH]1. The van der Waals surface area contributed by atoms with Crippen LogP contribution in [0.5, 0.6) is 11.8 Å². The van der Waals surface area contributed by atoms with Gasteiger partial charge in [-0.05, 0) is 28.9 Å². The average Bonchev–Trinajstić information content (AvgIpc) is 2.89. The Labute approximate surface area is 150 Å². The number of H-pyrrole nitrogens is 1. The molecule has 0 aliphatic heterocycles. The van der Waals surface area contributed by atoms with Crippen LogP contribution in [0.2, 0.25) is 0 Å². The first-order valence-electron chi connectivity index (χ1n) is 7.05. The molecule has 0 unspecified atom stereocenters. The minimum absolute atomic E-state index is 0.0147. The smallest absolute Gasteiger partial charge is 0.465 e. The predicted octanol–water partition coefficient (Wildman–Crippen LogP) is 3.31. The summed E-state index contributed by atoms with van der Waals surface area (Å²) in [6.45, 7) is 1.95. The molecule has 12 heteroatoms. The van der Waals surface area contributed by atoms with E-state index in [1.54, 1.807) is 6.92 Å². The molecule has 0 saturated carbocycles. The van der Waals surface area contributed by atoms with E-state index >= 15 is 0 Å². The molecule has 138 valence electrons. The second-order valence-electron chi connectivity index (χ2n) is 4.90. The molecular weight excluding hydrogens is 428 g/mol. The molecule has 1 aromatic carbocycles. The molecule has 0 aliphatic carbocycles. The van der Waals surface area contributed by atoms with E-state index in [-0.39, 0.29) is 33.8 Å². The van der Waals surface area contributed by atoms with Crippen LogP contribution in [-0.2, 0) is 0 Å². The summed E-state index contributed by atoms with van der Waals surface area (Å²) in [6, 6.07) is 1.44. The van der Waals surface area contributed by atoms with Crippen molar-refractivity contribution in [2.45, 2.75) is 13.3 Å². The summed E-state index contributed by atoms with van der Waals surface area (Å²) in [4.78, 5) is 18.4. The third-order valence-corrected chi connectivity index (χ3v) is 3.71. The highest BCUT2D eigenvalue weighted by atomic mass is 79.9. The fraction of sp³-hybridized carbons (Fsp3) is 0.214. The lowest BCUT2D eigenvalue weighted by atomic mass is 10.3. The van der Waals surface area contributed by atoms with E-state index in [4.69, 9.17) is 4.74 Å². The number of rotatable bonds is 4. The van der Waals surface area contributed by atoms with E-state index in [2.05, 4.69) is 35.7 Å². The summed E-state index contributed by atoms with van der Waals surface area (Å²) in [5, 5.41) is 4.04. The number of benzene rings is 1. The number of ether oxygens (including phenoxy) is 2. The van der Waals surface area contributed by atoms with Gasteiger partial charge in [-0.15, -0.1) is 18.3 Å². The topological polar surface area (TPSA) is 82.0 Å². The van der Waals surface area contributed by atoms with Crippen molar-refractivity contribution in [1.82, 2.24) is 19.7 Å². The highest BCUT2D eigenvalue weighted by Crippen LogP contribution is 2.32. The normalized spacial score (nSPS) is 11.8. The van der Waals surface area contributed by atoms with Crippen LogP contribution in [0, 0.1) is 5.82 Å². The van der Waals surface area contributed by atoms with Crippen molar-refractivity contribution in [1.29, 1.82) is 0 Å². The number of aromatic amines is 1. The van der Waals surface area contributed by atoms with Crippen molar-refractivity contribution in [3.8, 4) is 17.4 Å². The average molecular weight is 437 g/mol. The van der Waals surface area contributed by atoms with Crippen molar-refractivity contribution < 1.29 is 27.0 Å². The molecule has 0 aliphatic rings. The van der Waals surface area contributed by atoms with Crippen LogP contribution < -0.4 is 15.0 Å². The van der Waals surface area contributed by atoms with Crippen molar-refractivity contribution in [3.63, 3.8) is 0 Å². The first-order valence-corrected chi connectivity index (χ1v) is 7.85. The molecule has 3 aromatic rings. The fourth-order valence-electron chi connectivity index (χ4n) is 2.17. The van der Waals surface area contributed by atoms with Crippen LogP contribution in [0.15, 0.2) is 27.6 Å². The van der Waals surface area contributed by atoms with Gasteiger partial charge in [-0.25, -0.2) is 9.07 Å². The molecule has 0 saturated heterocycles. The molecule has 3 rings (SSSR count). The second-order valence-corrected chi connectivity index (χ2v) is 5.75. The molecule has 0 atom stereocenters. The number of nitrogens with zero attached hydrogens (tertiary/aromatic N) is 3. The summed E-state index contributed by atoms with van der Waals surface area (Å²) in [5.74, 6) is -1.79. The van der Waals surface area contributed by atoms with Crippen LogP contribution in [0.25, 0.3) is 16.7 Å². The van der Waals surface area contributed by atoms with Crippen molar-refractivity contribution in [3.05, 3.63) is 39.0 Å². The minimum atomic E-state index is -4.96. The van der Waals surface area contributed by atoms with Crippen molar-refractivity contribution >= 4 is 27.0 Å². The zero-order valence-electron chi connectivity index (χ0n) is 12.9. The van der Waals surface area contributed by atoms with Gasteiger partial charge in [0.05, 0.1) is 6.61 Å². The van der Waals surface area contributed by atoms with Gasteiger partial charge in [-0.2, -0.15) is 4.98 Å². The highest BCUT2D eigenvalue weighted by molar-refractivity contribution is 9.10. The third kappa shape index (κ3) is 3.64. The quantitative estimate of drug-likeness (QED) is 0.634. The Kier molecular flexibility index (Phi) is 4.61. The highest BCUT2D eigenvalue weighted by Gasteiger charge is 2.32. The maximum absolute atomic E-state index is 14.3. The molecule has 0 fully saturated rings. The number of nitrogens with one attached hydrogen (secondary N) is 1. The lowest BCUT2D eigenvalue weighted by Crippen LogP contribution is -2.17. The standard InChI is InChI=1S/C14H9BrF4N4O3/c1-2-25-13-20-11-7(12(24)21-13)5-23(22-11)10-8(15)3-6(4-9(10)16)26-14(17,18)19/h3-5H,2H2,1H3,(H,20,21,22,24). The molecule has 0 bridgehead atoms.